The van der Waals surface area contributed by atoms with Crippen molar-refractivity contribution in [2.75, 3.05) is 19.7 Å². The van der Waals surface area contributed by atoms with E-state index in [0.29, 0.717) is 19.6 Å². The van der Waals surface area contributed by atoms with Gasteiger partial charge in [0, 0.05) is 32.5 Å². The van der Waals surface area contributed by atoms with Gasteiger partial charge >= 0.3 is 0 Å². The summed E-state index contributed by atoms with van der Waals surface area (Å²) >= 11 is 0. The van der Waals surface area contributed by atoms with E-state index in [9.17, 15) is 9.59 Å². The van der Waals surface area contributed by atoms with Crippen molar-refractivity contribution in [3.63, 3.8) is 0 Å². The van der Waals surface area contributed by atoms with E-state index in [1.807, 2.05) is 11.8 Å². The lowest BCUT2D eigenvalue weighted by Gasteiger charge is -2.33. The molecule has 1 aromatic rings. The lowest BCUT2D eigenvalue weighted by Crippen LogP contribution is -2.49. The van der Waals surface area contributed by atoms with Crippen molar-refractivity contribution >= 4 is 11.8 Å². The molecule has 1 heterocycles. The third-order valence-electron chi connectivity index (χ3n) is 4.57. The topological polar surface area (TPSA) is 58.6 Å². The Balaban J connectivity index is 1.66. The summed E-state index contributed by atoms with van der Waals surface area (Å²) in [6.07, 6.45) is 4.13. The molecule has 0 bridgehead atoms. The molecule has 1 aliphatic heterocycles. The van der Waals surface area contributed by atoms with Gasteiger partial charge in [0.25, 0.3) is 0 Å². The van der Waals surface area contributed by atoms with E-state index in [1.165, 1.54) is 12.5 Å². The van der Waals surface area contributed by atoms with Gasteiger partial charge in [-0.15, -0.1) is 0 Å². The number of unbranched alkanes of at least 4 members (excludes halogenated alkanes) is 1. The van der Waals surface area contributed by atoms with Crippen LogP contribution in [0.1, 0.15) is 50.2 Å². The second-order valence-electron chi connectivity index (χ2n) is 6.95. The fraction of sp³-hybridized carbons (Fsp3) is 0.600. The summed E-state index contributed by atoms with van der Waals surface area (Å²) in [6.45, 7) is 7.69. The molecule has 0 saturated carbocycles. The molecule has 0 aromatic heterocycles. The molecule has 1 saturated heterocycles. The van der Waals surface area contributed by atoms with E-state index in [0.717, 1.165) is 43.5 Å². The first-order valence-corrected chi connectivity index (χ1v) is 9.20. The van der Waals surface area contributed by atoms with E-state index < -0.39 is 0 Å². The predicted octanol–water partition coefficient (Wildman–Crippen LogP) is 2.98. The van der Waals surface area contributed by atoms with Crippen molar-refractivity contribution in [3.05, 3.63) is 29.3 Å². The summed E-state index contributed by atoms with van der Waals surface area (Å²) in [5.41, 5.74) is 2.33. The molecule has 25 heavy (non-hydrogen) atoms. The third-order valence-corrected chi connectivity index (χ3v) is 4.57. The van der Waals surface area contributed by atoms with Gasteiger partial charge in [0.15, 0.2) is 0 Å². The molecule has 0 unspecified atom stereocenters. The van der Waals surface area contributed by atoms with Crippen LogP contribution in [0, 0.1) is 13.8 Å². The first-order chi connectivity index (χ1) is 12.0. The number of hydrogen-bond donors (Lipinski definition) is 1. The van der Waals surface area contributed by atoms with Gasteiger partial charge in [-0.05, 0) is 56.7 Å². The van der Waals surface area contributed by atoms with Crippen molar-refractivity contribution in [2.45, 2.75) is 58.9 Å². The van der Waals surface area contributed by atoms with Crippen LogP contribution in [0.2, 0.25) is 0 Å². The first kappa shape index (κ1) is 19.3. The number of ether oxygens (including phenoxy) is 1. The Labute approximate surface area is 150 Å². The first-order valence-electron chi connectivity index (χ1n) is 9.20. The maximum Gasteiger partial charge on any atom is 0.222 e. The van der Waals surface area contributed by atoms with Crippen LogP contribution < -0.4 is 10.1 Å². The maximum atomic E-state index is 12.3. The molecular weight excluding hydrogens is 316 g/mol. The molecule has 5 heteroatoms. The summed E-state index contributed by atoms with van der Waals surface area (Å²) in [6, 6.07) is 6.29. The number of hydrogen-bond acceptors (Lipinski definition) is 3. The molecular formula is C20H30N2O3. The van der Waals surface area contributed by atoms with E-state index >= 15 is 0 Å². The molecule has 5 nitrogen and oxygen atoms in total. The van der Waals surface area contributed by atoms with E-state index in [1.54, 1.807) is 0 Å². The molecule has 1 aromatic carbocycles. The van der Waals surface area contributed by atoms with Crippen LogP contribution in [-0.2, 0) is 9.59 Å². The number of carbonyl (C=O) groups excluding carboxylic acids is 2. The van der Waals surface area contributed by atoms with Crippen molar-refractivity contribution in [1.29, 1.82) is 0 Å². The Morgan fingerprint density at radius 2 is 2.08 bits per heavy atom. The maximum absolute atomic E-state index is 12.3. The SMILES string of the molecule is CC(=O)N[C@H]1CCCN(C(=O)CCCCOc2cc(C)ccc2C)C1. The average molecular weight is 346 g/mol. The summed E-state index contributed by atoms with van der Waals surface area (Å²) in [5, 5.41) is 2.92. The van der Waals surface area contributed by atoms with Crippen molar-refractivity contribution in [2.24, 2.45) is 0 Å². The van der Waals surface area contributed by atoms with Crippen LogP contribution in [-0.4, -0.2) is 42.5 Å². The van der Waals surface area contributed by atoms with Gasteiger partial charge in [0.1, 0.15) is 5.75 Å². The lowest BCUT2D eigenvalue weighted by molar-refractivity contribution is -0.133. The largest absolute Gasteiger partial charge is 0.493 e. The van der Waals surface area contributed by atoms with Crippen LogP contribution in [0.25, 0.3) is 0 Å². The van der Waals surface area contributed by atoms with Crippen LogP contribution >= 0.6 is 0 Å². The monoisotopic (exact) mass is 346 g/mol. The number of piperidine rings is 1. The van der Waals surface area contributed by atoms with Gasteiger partial charge in [0.2, 0.25) is 11.8 Å². The Bertz CT molecular complexity index is 601. The summed E-state index contributed by atoms with van der Waals surface area (Å²) in [5.74, 6) is 1.09. The van der Waals surface area contributed by atoms with Gasteiger partial charge < -0.3 is 15.0 Å². The van der Waals surface area contributed by atoms with Gasteiger partial charge in [-0.3, -0.25) is 9.59 Å². The highest BCUT2D eigenvalue weighted by Gasteiger charge is 2.23. The molecule has 1 aliphatic rings. The highest BCUT2D eigenvalue weighted by Crippen LogP contribution is 2.19. The number of nitrogens with zero attached hydrogens (tertiary/aromatic N) is 1. The lowest BCUT2D eigenvalue weighted by atomic mass is 10.0. The molecule has 2 rings (SSSR count). The third kappa shape index (κ3) is 6.40. The fourth-order valence-electron chi connectivity index (χ4n) is 3.19. The minimum absolute atomic E-state index is 0.0251. The Morgan fingerprint density at radius 3 is 2.84 bits per heavy atom. The number of rotatable bonds is 7. The Morgan fingerprint density at radius 1 is 1.28 bits per heavy atom. The smallest absolute Gasteiger partial charge is 0.222 e. The predicted molar refractivity (Wildman–Crippen MR) is 98.7 cm³/mol. The van der Waals surface area contributed by atoms with Crippen LogP contribution in [0.5, 0.6) is 5.75 Å². The second kappa shape index (κ2) is 9.44. The molecule has 0 spiro atoms. The molecule has 0 radical (unpaired) electrons. The van der Waals surface area contributed by atoms with Crippen LogP contribution in [0.4, 0.5) is 0 Å². The van der Waals surface area contributed by atoms with Crippen LogP contribution in [0.3, 0.4) is 0 Å². The average Bonchev–Trinajstić information content (AvgIpc) is 2.57. The minimum Gasteiger partial charge on any atom is -0.493 e. The van der Waals surface area contributed by atoms with Crippen LogP contribution in [0.15, 0.2) is 18.2 Å². The number of carbonyl (C=O) groups is 2. The van der Waals surface area contributed by atoms with Crippen molar-refractivity contribution in [1.82, 2.24) is 10.2 Å². The molecule has 2 amide bonds. The molecule has 138 valence electrons. The number of likely N-dealkylation sites (tertiary alicyclic amines) is 1. The highest BCUT2D eigenvalue weighted by atomic mass is 16.5. The van der Waals surface area contributed by atoms with Gasteiger partial charge in [-0.1, -0.05) is 12.1 Å². The molecule has 0 aliphatic carbocycles. The number of amides is 2. The fourth-order valence-corrected chi connectivity index (χ4v) is 3.19. The minimum atomic E-state index is -0.0251. The molecule has 1 atom stereocenters. The summed E-state index contributed by atoms with van der Waals surface area (Å²) < 4.78 is 5.83. The standard InChI is InChI=1S/C20H30N2O3/c1-15-9-10-16(2)19(13-15)25-12-5-4-8-20(24)22-11-6-7-18(14-22)21-17(3)23/h9-10,13,18H,4-8,11-12,14H2,1-3H3,(H,21,23)/t18-/m0/s1. The second-order valence-corrected chi connectivity index (χ2v) is 6.95. The summed E-state index contributed by atoms with van der Waals surface area (Å²) in [4.78, 5) is 25.4. The molecule has 1 N–H and O–H groups in total. The van der Waals surface area contributed by atoms with Crippen molar-refractivity contribution < 1.29 is 14.3 Å². The summed E-state index contributed by atoms with van der Waals surface area (Å²) in [7, 11) is 0. The zero-order valence-corrected chi connectivity index (χ0v) is 15.6. The normalized spacial score (nSPS) is 17.2. The number of aryl methyl sites for hydroxylation is 2. The van der Waals surface area contributed by atoms with E-state index in [-0.39, 0.29) is 17.9 Å². The van der Waals surface area contributed by atoms with E-state index in [2.05, 4.69) is 30.4 Å². The van der Waals surface area contributed by atoms with Crippen molar-refractivity contribution in [3.8, 4) is 5.75 Å². The number of benzene rings is 1. The zero-order chi connectivity index (χ0) is 18.2. The quantitative estimate of drug-likeness (QED) is 0.772. The Hall–Kier alpha value is -2.04. The number of nitrogens with one attached hydrogen (secondary N) is 1. The van der Waals surface area contributed by atoms with E-state index in [4.69, 9.17) is 4.74 Å². The van der Waals surface area contributed by atoms with Gasteiger partial charge in [0.05, 0.1) is 6.61 Å². The van der Waals surface area contributed by atoms with Gasteiger partial charge in [-0.2, -0.15) is 0 Å². The van der Waals surface area contributed by atoms with Gasteiger partial charge in [-0.25, -0.2) is 0 Å². The highest BCUT2D eigenvalue weighted by molar-refractivity contribution is 5.76. The molecule has 1 fully saturated rings. The zero-order valence-electron chi connectivity index (χ0n) is 15.6. The Kier molecular flexibility index (Phi) is 7.29.